The molecule has 2 aromatic rings. The lowest BCUT2D eigenvalue weighted by molar-refractivity contribution is 0.0953. The highest BCUT2D eigenvalue weighted by Gasteiger charge is 2.05. The lowest BCUT2D eigenvalue weighted by Crippen LogP contribution is -2.24. The molecule has 0 saturated carbocycles. The molecule has 1 N–H and O–H groups in total. The number of hydrogen-bond donors (Lipinski definition) is 1. The predicted molar refractivity (Wildman–Crippen MR) is 83.9 cm³/mol. The number of rotatable bonds is 5. The van der Waals surface area contributed by atoms with E-state index in [2.05, 4.69) is 34.2 Å². The summed E-state index contributed by atoms with van der Waals surface area (Å²) in [6.07, 6.45) is 2.06. The first kappa shape index (κ1) is 14.1. The quantitative estimate of drug-likeness (QED) is 0.651. The Morgan fingerprint density at radius 2 is 1.95 bits per heavy atom. The molecular weight excluding hydrogens is 302 g/mol. The van der Waals surface area contributed by atoms with Crippen LogP contribution < -0.4 is 5.32 Å². The molecule has 0 bridgehead atoms. The van der Waals surface area contributed by atoms with Crippen LogP contribution in [0.3, 0.4) is 0 Å². The third-order valence-electron chi connectivity index (χ3n) is 3.08. The van der Waals surface area contributed by atoms with Gasteiger partial charge >= 0.3 is 0 Å². The van der Waals surface area contributed by atoms with E-state index in [-0.39, 0.29) is 5.91 Å². The van der Waals surface area contributed by atoms with Crippen LogP contribution in [0.5, 0.6) is 0 Å². The summed E-state index contributed by atoms with van der Waals surface area (Å²) in [5.74, 6) is 0.00739. The van der Waals surface area contributed by atoms with E-state index in [1.165, 1.54) is 0 Å². The molecule has 0 fully saturated rings. The minimum atomic E-state index is 0.00739. The molecule has 0 heterocycles. The zero-order valence-electron chi connectivity index (χ0n) is 11.0. The first-order chi connectivity index (χ1) is 9.16. The van der Waals surface area contributed by atoms with Crippen LogP contribution in [0, 0.1) is 0 Å². The van der Waals surface area contributed by atoms with E-state index in [1.807, 2.05) is 36.4 Å². The van der Waals surface area contributed by atoms with Crippen LogP contribution in [0.25, 0.3) is 10.8 Å². The van der Waals surface area contributed by atoms with Gasteiger partial charge in [-0.05, 0) is 35.7 Å². The summed E-state index contributed by atoms with van der Waals surface area (Å²) in [4.78, 5) is 12.5. The Hall–Kier alpha value is -1.35. The van der Waals surface area contributed by atoms with Crippen molar-refractivity contribution in [2.75, 3.05) is 6.54 Å². The van der Waals surface area contributed by atoms with Crippen molar-refractivity contribution in [1.82, 2.24) is 5.32 Å². The molecule has 100 valence electrons. The van der Waals surface area contributed by atoms with Gasteiger partial charge < -0.3 is 5.32 Å². The topological polar surface area (TPSA) is 29.1 Å². The number of carbonyl (C=O) groups excluding carboxylic acids is 1. The highest BCUT2D eigenvalue weighted by molar-refractivity contribution is 9.09. The summed E-state index contributed by atoms with van der Waals surface area (Å²) < 4.78 is 0. The van der Waals surface area contributed by atoms with Gasteiger partial charge in [0.1, 0.15) is 0 Å². The van der Waals surface area contributed by atoms with E-state index in [0.717, 1.165) is 35.7 Å². The van der Waals surface area contributed by atoms with Crippen LogP contribution in [-0.2, 0) is 0 Å². The molecule has 0 aliphatic heterocycles. The predicted octanol–water partition coefficient (Wildman–Crippen LogP) is 4.13. The highest BCUT2D eigenvalue weighted by Crippen LogP contribution is 2.15. The first-order valence-corrected chi connectivity index (χ1v) is 7.49. The molecule has 1 amide bonds. The summed E-state index contributed by atoms with van der Waals surface area (Å²) in [6.45, 7) is 2.84. The fourth-order valence-corrected chi connectivity index (χ4v) is 2.34. The standard InChI is InChI=1S/C16H18BrNO/c1-12(17)5-4-10-18-16(19)15-9-8-13-6-2-3-7-14(13)11-15/h2-3,6-9,11-12H,4-5,10H2,1H3,(H,18,19). The molecule has 0 saturated heterocycles. The zero-order chi connectivity index (χ0) is 13.7. The second-order valence-corrected chi connectivity index (χ2v) is 6.30. The molecule has 0 aromatic heterocycles. The molecule has 0 aliphatic carbocycles. The van der Waals surface area contributed by atoms with Crippen molar-refractivity contribution in [3.05, 3.63) is 48.0 Å². The van der Waals surface area contributed by atoms with Crippen molar-refractivity contribution >= 4 is 32.6 Å². The Labute approximate surface area is 122 Å². The lowest BCUT2D eigenvalue weighted by atomic mass is 10.1. The van der Waals surface area contributed by atoms with Gasteiger partial charge in [0.25, 0.3) is 5.91 Å². The van der Waals surface area contributed by atoms with E-state index in [1.54, 1.807) is 0 Å². The molecule has 0 radical (unpaired) electrons. The van der Waals surface area contributed by atoms with Gasteiger partial charge in [0, 0.05) is 16.9 Å². The SMILES string of the molecule is CC(Br)CCCNC(=O)c1ccc2ccccc2c1. The Morgan fingerprint density at radius 3 is 2.68 bits per heavy atom. The zero-order valence-corrected chi connectivity index (χ0v) is 12.6. The number of carbonyl (C=O) groups is 1. The van der Waals surface area contributed by atoms with E-state index < -0.39 is 0 Å². The number of alkyl halides is 1. The van der Waals surface area contributed by atoms with Crippen molar-refractivity contribution < 1.29 is 4.79 Å². The number of fused-ring (bicyclic) bond motifs is 1. The third kappa shape index (κ3) is 4.06. The Bertz CT molecular complexity index is 565. The minimum Gasteiger partial charge on any atom is -0.352 e. The fraction of sp³-hybridized carbons (Fsp3) is 0.312. The molecule has 1 atom stereocenters. The first-order valence-electron chi connectivity index (χ1n) is 6.58. The highest BCUT2D eigenvalue weighted by atomic mass is 79.9. The minimum absolute atomic E-state index is 0.00739. The lowest BCUT2D eigenvalue weighted by Gasteiger charge is -2.07. The molecule has 1 unspecified atom stereocenters. The maximum atomic E-state index is 12.0. The van der Waals surface area contributed by atoms with Crippen molar-refractivity contribution in [2.45, 2.75) is 24.6 Å². The summed E-state index contributed by atoms with van der Waals surface area (Å²) in [5.41, 5.74) is 0.727. The maximum absolute atomic E-state index is 12.0. The maximum Gasteiger partial charge on any atom is 0.251 e. The number of halogens is 1. The average Bonchev–Trinajstić information content (AvgIpc) is 2.42. The van der Waals surface area contributed by atoms with Crippen LogP contribution in [0.2, 0.25) is 0 Å². The number of amides is 1. The van der Waals surface area contributed by atoms with E-state index in [4.69, 9.17) is 0 Å². The van der Waals surface area contributed by atoms with Gasteiger partial charge in [-0.2, -0.15) is 0 Å². The Balaban J connectivity index is 1.97. The van der Waals surface area contributed by atoms with Crippen molar-refractivity contribution in [3.8, 4) is 0 Å². The van der Waals surface area contributed by atoms with Crippen LogP contribution in [0.4, 0.5) is 0 Å². The number of hydrogen-bond acceptors (Lipinski definition) is 1. The largest absolute Gasteiger partial charge is 0.352 e. The van der Waals surface area contributed by atoms with Crippen LogP contribution >= 0.6 is 15.9 Å². The van der Waals surface area contributed by atoms with Crippen LogP contribution in [-0.4, -0.2) is 17.3 Å². The molecule has 19 heavy (non-hydrogen) atoms. The van der Waals surface area contributed by atoms with Crippen molar-refractivity contribution in [1.29, 1.82) is 0 Å². The molecule has 2 aromatic carbocycles. The summed E-state index contributed by atoms with van der Waals surface area (Å²) in [5, 5.41) is 5.22. The normalized spacial score (nSPS) is 12.3. The number of benzene rings is 2. The van der Waals surface area contributed by atoms with E-state index >= 15 is 0 Å². The van der Waals surface area contributed by atoms with Crippen molar-refractivity contribution in [3.63, 3.8) is 0 Å². The van der Waals surface area contributed by atoms with Gasteiger partial charge in [-0.25, -0.2) is 0 Å². The van der Waals surface area contributed by atoms with Gasteiger partial charge in [0.15, 0.2) is 0 Å². The van der Waals surface area contributed by atoms with Gasteiger partial charge in [-0.15, -0.1) is 0 Å². The molecule has 0 aliphatic rings. The second kappa shape index (κ2) is 6.71. The summed E-state index contributed by atoms with van der Waals surface area (Å²) in [7, 11) is 0. The Morgan fingerprint density at radius 1 is 1.21 bits per heavy atom. The molecule has 0 spiro atoms. The van der Waals surface area contributed by atoms with Gasteiger partial charge in [-0.1, -0.05) is 53.2 Å². The van der Waals surface area contributed by atoms with Gasteiger partial charge in [0.05, 0.1) is 0 Å². The average molecular weight is 320 g/mol. The summed E-state index contributed by atoms with van der Waals surface area (Å²) in [6, 6.07) is 13.9. The summed E-state index contributed by atoms with van der Waals surface area (Å²) >= 11 is 3.50. The molecular formula is C16H18BrNO. The monoisotopic (exact) mass is 319 g/mol. The van der Waals surface area contributed by atoms with Crippen LogP contribution in [0.1, 0.15) is 30.1 Å². The Kier molecular flexibility index (Phi) is 4.97. The third-order valence-corrected chi connectivity index (χ3v) is 3.53. The van der Waals surface area contributed by atoms with E-state index in [0.29, 0.717) is 4.83 Å². The van der Waals surface area contributed by atoms with Crippen molar-refractivity contribution in [2.24, 2.45) is 0 Å². The van der Waals surface area contributed by atoms with E-state index in [9.17, 15) is 4.79 Å². The van der Waals surface area contributed by atoms with Gasteiger partial charge in [-0.3, -0.25) is 4.79 Å². The number of nitrogens with one attached hydrogen (secondary N) is 1. The molecule has 2 nitrogen and oxygen atoms in total. The molecule has 2 rings (SSSR count). The molecule has 3 heteroatoms. The second-order valence-electron chi connectivity index (χ2n) is 4.74. The fourth-order valence-electron chi connectivity index (χ4n) is 2.02. The smallest absolute Gasteiger partial charge is 0.251 e. The van der Waals surface area contributed by atoms with Crippen LogP contribution in [0.15, 0.2) is 42.5 Å². The van der Waals surface area contributed by atoms with Gasteiger partial charge in [0.2, 0.25) is 0 Å².